The van der Waals surface area contributed by atoms with E-state index in [2.05, 4.69) is 21.7 Å². The van der Waals surface area contributed by atoms with Crippen LogP contribution in [0.25, 0.3) is 10.9 Å². The van der Waals surface area contributed by atoms with Gasteiger partial charge >= 0.3 is 0 Å². The number of carbonyl (C=O) groups excluding carboxylic acids is 1. The summed E-state index contributed by atoms with van der Waals surface area (Å²) in [7, 11) is 0. The molecule has 152 valence electrons. The first-order valence-corrected chi connectivity index (χ1v) is 9.45. The highest BCUT2D eigenvalue weighted by atomic mass is 19.2. The Balaban J connectivity index is 1.47. The summed E-state index contributed by atoms with van der Waals surface area (Å²) in [6, 6.07) is 5.29. The Morgan fingerprint density at radius 1 is 1.28 bits per heavy atom. The number of carbonyl (C=O) groups is 1. The van der Waals surface area contributed by atoms with Crippen LogP contribution in [0, 0.1) is 34.8 Å². The lowest BCUT2D eigenvalue weighted by Gasteiger charge is -2.43. The maximum atomic E-state index is 13.5. The molecule has 0 radical (unpaired) electrons. The van der Waals surface area contributed by atoms with Gasteiger partial charge in [0.1, 0.15) is 0 Å². The molecule has 7 nitrogen and oxygen atoms in total. The second kappa shape index (κ2) is 7.89. The number of aromatic amines is 1. The highest BCUT2D eigenvalue weighted by Crippen LogP contribution is 2.26. The fourth-order valence-electron chi connectivity index (χ4n) is 4.17. The van der Waals surface area contributed by atoms with Gasteiger partial charge in [-0.25, -0.2) is 8.78 Å². The van der Waals surface area contributed by atoms with E-state index in [1.807, 2.05) is 0 Å². The number of halogens is 2. The van der Waals surface area contributed by atoms with Crippen LogP contribution < -0.4 is 16.2 Å². The average molecular weight is 402 g/mol. The summed E-state index contributed by atoms with van der Waals surface area (Å²) in [6.07, 6.45) is 0.520. The van der Waals surface area contributed by atoms with Gasteiger partial charge in [-0.15, -0.1) is 0 Å². The number of nitrogens with zero attached hydrogens (tertiary/aromatic N) is 1. The molecule has 0 aliphatic carbocycles. The number of aromatic nitrogens is 1. The lowest BCUT2D eigenvalue weighted by molar-refractivity contribution is -0.123. The minimum atomic E-state index is -1.05. The van der Waals surface area contributed by atoms with Crippen LogP contribution in [0.3, 0.4) is 0 Å². The molecule has 9 heteroatoms. The maximum Gasteiger partial charge on any atom is 0.252 e. The van der Waals surface area contributed by atoms with E-state index in [4.69, 9.17) is 10.00 Å². The Labute approximate surface area is 165 Å². The number of nitrogens with one attached hydrogen (secondary N) is 3. The molecule has 4 atom stereocenters. The van der Waals surface area contributed by atoms with Gasteiger partial charge in [-0.2, -0.15) is 5.26 Å². The predicted octanol–water partition coefficient (Wildman–Crippen LogP) is 0.982. The number of rotatable bonds is 3. The van der Waals surface area contributed by atoms with E-state index in [9.17, 15) is 18.4 Å². The third-order valence-electron chi connectivity index (χ3n) is 5.60. The number of hydrogen-bond acceptors (Lipinski definition) is 5. The van der Waals surface area contributed by atoms with Crippen molar-refractivity contribution in [2.24, 2.45) is 11.8 Å². The van der Waals surface area contributed by atoms with Crippen molar-refractivity contribution in [1.29, 1.82) is 5.26 Å². The summed E-state index contributed by atoms with van der Waals surface area (Å²) in [4.78, 5) is 27.3. The van der Waals surface area contributed by atoms with Gasteiger partial charge in [0.25, 0.3) is 5.56 Å². The molecular formula is C20H20F2N4O3. The van der Waals surface area contributed by atoms with E-state index in [0.29, 0.717) is 31.6 Å². The highest BCUT2D eigenvalue weighted by molar-refractivity contribution is 5.83. The summed E-state index contributed by atoms with van der Waals surface area (Å²) in [5.74, 6) is -2.38. The minimum Gasteiger partial charge on any atom is -0.379 e. The van der Waals surface area contributed by atoms with E-state index in [1.54, 1.807) is 0 Å². The number of amides is 1. The quantitative estimate of drug-likeness (QED) is 0.710. The fraction of sp³-hybridized carbons (Fsp3) is 0.450. The van der Waals surface area contributed by atoms with E-state index in [1.165, 1.54) is 6.07 Å². The van der Waals surface area contributed by atoms with Gasteiger partial charge in [0.2, 0.25) is 5.91 Å². The zero-order chi connectivity index (χ0) is 20.5. The van der Waals surface area contributed by atoms with Crippen LogP contribution in [0.1, 0.15) is 12.0 Å². The fourth-order valence-corrected chi connectivity index (χ4v) is 4.17. The molecule has 0 spiro atoms. The number of hydrogen-bond donors (Lipinski definition) is 3. The summed E-state index contributed by atoms with van der Waals surface area (Å²) in [5, 5.41) is 15.6. The Hall–Kier alpha value is -2.83. The first kappa shape index (κ1) is 19.5. The largest absolute Gasteiger partial charge is 0.379 e. The van der Waals surface area contributed by atoms with Gasteiger partial charge in [-0.3, -0.25) is 9.59 Å². The van der Waals surface area contributed by atoms with Gasteiger partial charge in [-0.05, 0) is 18.6 Å². The number of H-pyrrole nitrogens is 1. The Kier molecular flexibility index (Phi) is 5.30. The van der Waals surface area contributed by atoms with Crippen LogP contribution >= 0.6 is 0 Å². The maximum absolute atomic E-state index is 13.5. The first-order valence-electron chi connectivity index (χ1n) is 9.45. The lowest BCUT2D eigenvalue weighted by atomic mass is 9.81. The minimum absolute atomic E-state index is 0.00394. The van der Waals surface area contributed by atoms with Crippen LogP contribution in [0.15, 0.2) is 23.0 Å². The van der Waals surface area contributed by atoms with Crippen LogP contribution in [-0.2, 0) is 16.0 Å². The molecule has 2 aliphatic rings. The van der Waals surface area contributed by atoms with E-state index >= 15 is 0 Å². The van der Waals surface area contributed by atoms with Crippen molar-refractivity contribution in [3.8, 4) is 6.07 Å². The monoisotopic (exact) mass is 402 g/mol. The van der Waals surface area contributed by atoms with E-state index < -0.39 is 17.2 Å². The second-order valence-electron chi connectivity index (χ2n) is 7.62. The predicted molar refractivity (Wildman–Crippen MR) is 99.9 cm³/mol. The van der Waals surface area contributed by atoms with Gasteiger partial charge in [0, 0.05) is 35.5 Å². The van der Waals surface area contributed by atoms with Gasteiger partial charge in [0.15, 0.2) is 11.6 Å². The molecule has 29 heavy (non-hydrogen) atoms. The molecular weight excluding hydrogens is 382 g/mol. The van der Waals surface area contributed by atoms with E-state index in [0.717, 1.165) is 12.1 Å². The van der Waals surface area contributed by atoms with E-state index in [-0.39, 0.29) is 47.3 Å². The Bertz CT molecular complexity index is 1050. The molecule has 1 amide bonds. The van der Waals surface area contributed by atoms with Crippen molar-refractivity contribution < 1.29 is 18.3 Å². The lowest BCUT2D eigenvalue weighted by Crippen LogP contribution is -2.62. The number of fused-ring (bicyclic) bond motifs is 2. The molecule has 2 saturated heterocycles. The second-order valence-corrected chi connectivity index (χ2v) is 7.62. The summed E-state index contributed by atoms with van der Waals surface area (Å²) < 4.78 is 32.4. The number of nitriles is 1. The average Bonchev–Trinajstić information content (AvgIpc) is 2.70. The SMILES string of the molecule is N#CC1CNC2C(COC[C@H]2NC(=O)Cc2cc3cc(F)c(F)cc3[nH]c2=O)C1. The molecule has 4 rings (SSSR count). The first-order chi connectivity index (χ1) is 13.9. The zero-order valence-electron chi connectivity index (χ0n) is 15.5. The van der Waals surface area contributed by atoms with Crippen molar-refractivity contribution in [3.63, 3.8) is 0 Å². The van der Waals surface area contributed by atoms with Crippen LogP contribution in [-0.4, -0.2) is 42.7 Å². The Morgan fingerprint density at radius 3 is 2.86 bits per heavy atom. The molecule has 0 saturated carbocycles. The molecule has 2 fully saturated rings. The molecule has 0 bridgehead atoms. The van der Waals surface area contributed by atoms with Crippen molar-refractivity contribution in [2.75, 3.05) is 19.8 Å². The van der Waals surface area contributed by atoms with Crippen LogP contribution in [0.4, 0.5) is 8.78 Å². The van der Waals surface area contributed by atoms with Crippen LogP contribution in [0.5, 0.6) is 0 Å². The summed E-state index contributed by atoms with van der Waals surface area (Å²) in [6.45, 7) is 1.45. The molecule has 2 aromatic rings. The van der Waals surface area contributed by atoms with Crippen molar-refractivity contribution in [3.05, 3.63) is 45.8 Å². The standard InChI is InChI=1S/C20H20F2N4O3/c21-14-3-11-2-12(20(28)26-16(11)5-15(14)22)4-18(27)25-17-9-29-8-13-1-10(6-23)7-24-19(13)17/h2-3,5,10,13,17,19,24H,1,4,7-9H2,(H,25,27)(H,26,28)/t10?,13?,17-,19?/m1/s1. The molecule has 3 N–H and O–H groups in total. The van der Waals surface area contributed by atoms with Crippen LogP contribution in [0.2, 0.25) is 0 Å². The smallest absolute Gasteiger partial charge is 0.252 e. The summed E-state index contributed by atoms with van der Waals surface area (Å²) in [5.41, 5.74) is -0.195. The number of pyridine rings is 1. The zero-order valence-corrected chi connectivity index (χ0v) is 15.5. The topological polar surface area (TPSA) is 107 Å². The normalized spacial score (nSPS) is 26.5. The highest BCUT2D eigenvalue weighted by Gasteiger charge is 2.39. The number of piperidine rings is 1. The molecule has 2 aliphatic heterocycles. The van der Waals surface area contributed by atoms with Crippen molar-refractivity contribution in [2.45, 2.75) is 24.9 Å². The van der Waals surface area contributed by atoms with Gasteiger partial charge < -0.3 is 20.4 Å². The van der Waals surface area contributed by atoms with Gasteiger partial charge in [0.05, 0.1) is 43.2 Å². The number of benzene rings is 1. The van der Waals surface area contributed by atoms with Crippen molar-refractivity contribution >= 4 is 16.8 Å². The Morgan fingerprint density at radius 2 is 2.07 bits per heavy atom. The van der Waals surface area contributed by atoms with Gasteiger partial charge in [-0.1, -0.05) is 0 Å². The third-order valence-corrected chi connectivity index (χ3v) is 5.60. The number of ether oxygens (including phenoxy) is 1. The summed E-state index contributed by atoms with van der Waals surface area (Å²) >= 11 is 0. The molecule has 3 unspecified atom stereocenters. The molecule has 3 heterocycles. The molecule has 1 aromatic carbocycles. The van der Waals surface area contributed by atoms with Crippen molar-refractivity contribution in [1.82, 2.24) is 15.6 Å². The molecule has 1 aromatic heterocycles. The third kappa shape index (κ3) is 3.99.